The summed E-state index contributed by atoms with van der Waals surface area (Å²) in [5.41, 5.74) is 0.744. The number of benzene rings is 1. The number of rotatable bonds is 7. The van der Waals surface area contributed by atoms with E-state index in [1.165, 1.54) is 12.1 Å². The Balaban J connectivity index is 2.97. The van der Waals surface area contributed by atoms with Gasteiger partial charge in [0.2, 0.25) is 10.0 Å². The average molecular weight is 310 g/mol. The third-order valence-corrected chi connectivity index (χ3v) is 4.68. The number of carbonyl (C=O) groups is 1. The Morgan fingerprint density at radius 3 is 2.67 bits per heavy atom. The highest BCUT2D eigenvalue weighted by atomic mass is 32.2. The lowest BCUT2D eigenvalue weighted by atomic mass is 10.1. The van der Waals surface area contributed by atoms with Crippen LogP contribution in [0.3, 0.4) is 0 Å². The minimum Gasteiger partial charge on any atom is -0.481 e. The van der Waals surface area contributed by atoms with Gasteiger partial charge in [0.1, 0.15) is 0 Å². The lowest BCUT2D eigenvalue weighted by Gasteiger charge is -2.14. The van der Waals surface area contributed by atoms with Crippen LogP contribution in [0.5, 0.6) is 0 Å². The normalized spacial score (nSPS) is 12.6. The van der Waals surface area contributed by atoms with Crippen molar-refractivity contribution in [1.82, 2.24) is 4.72 Å². The molecule has 6 nitrogen and oxygen atoms in total. The van der Waals surface area contributed by atoms with Crippen LogP contribution in [0.15, 0.2) is 23.1 Å². The van der Waals surface area contributed by atoms with E-state index >= 15 is 0 Å². The van der Waals surface area contributed by atoms with Gasteiger partial charge in [-0.15, -0.1) is 0 Å². The highest BCUT2D eigenvalue weighted by Gasteiger charge is 2.22. The summed E-state index contributed by atoms with van der Waals surface area (Å²) < 4.78 is 26.8. The third kappa shape index (κ3) is 4.55. The SMILES string of the molecule is CCCC(CNS(=O)(=O)c1cc(C#N)ccc1C)C(=O)O. The van der Waals surface area contributed by atoms with E-state index in [-0.39, 0.29) is 17.0 Å². The first-order chi connectivity index (χ1) is 9.81. The number of carboxylic acids is 1. The predicted molar refractivity (Wildman–Crippen MR) is 77.1 cm³/mol. The molecule has 0 saturated heterocycles. The van der Waals surface area contributed by atoms with E-state index in [1.807, 2.05) is 13.0 Å². The van der Waals surface area contributed by atoms with Gasteiger partial charge in [0.15, 0.2) is 0 Å². The Labute approximate surface area is 124 Å². The van der Waals surface area contributed by atoms with Gasteiger partial charge in [0.25, 0.3) is 0 Å². The van der Waals surface area contributed by atoms with Gasteiger partial charge in [-0.3, -0.25) is 4.79 Å². The molecule has 1 aromatic rings. The second kappa shape index (κ2) is 7.20. The summed E-state index contributed by atoms with van der Waals surface area (Å²) in [7, 11) is -3.83. The summed E-state index contributed by atoms with van der Waals surface area (Å²) in [6.07, 6.45) is 1.05. The minimum absolute atomic E-state index is 0.00203. The van der Waals surface area contributed by atoms with Gasteiger partial charge in [-0.05, 0) is 31.0 Å². The van der Waals surface area contributed by atoms with Crippen LogP contribution >= 0.6 is 0 Å². The zero-order valence-corrected chi connectivity index (χ0v) is 12.8. The molecule has 2 N–H and O–H groups in total. The van der Waals surface area contributed by atoms with Crippen molar-refractivity contribution >= 4 is 16.0 Å². The second-order valence-electron chi connectivity index (χ2n) is 4.77. The van der Waals surface area contributed by atoms with Crippen LogP contribution in [0.4, 0.5) is 0 Å². The summed E-state index contributed by atoms with van der Waals surface area (Å²) >= 11 is 0. The molecule has 0 saturated carbocycles. The Hall–Kier alpha value is -1.91. The molecule has 0 fully saturated rings. The summed E-state index contributed by atoms with van der Waals surface area (Å²) in [5.74, 6) is -1.79. The topological polar surface area (TPSA) is 107 Å². The van der Waals surface area contributed by atoms with Gasteiger partial charge in [-0.2, -0.15) is 5.26 Å². The van der Waals surface area contributed by atoms with Crippen molar-refractivity contribution in [1.29, 1.82) is 5.26 Å². The molecule has 1 rings (SSSR count). The van der Waals surface area contributed by atoms with E-state index in [4.69, 9.17) is 10.4 Å². The molecule has 0 heterocycles. The number of sulfonamides is 1. The number of nitriles is 1. The van der Waals surface area contributed by atoms with Crippen LogP contribution in [-0.4, -0.2) is 26.0 Å². The van der Waals surface area contributed by atoms with Gasteiger partial charge in [-0.1, -0.05) is 19.4 Å². The van der Waals surface area contributed by atoms with Crippen LogP contribution in [0.1, 0.15) is 30.9 Å². The molecule has 0 aromatic heterocycles. The highest BCUT2D eigenvalue weighted by molar-refractivity contribution is 7.89. The number of carboxylic acid groups (broad SMARTS) is 1. The van der Waals surface area contributed by atoms with Gasteiger partial charge in [-0.25, -0.2) is 13.1 Å². The van der Waals surface area contributed by atoms with Gasteiger partial charge in [0.05, 0.1) is 22.4 Å². The van der Waals surface area contributed by atoms with Crippen LogP contribution in [-0.2, 0) is 14.8 Å². The first-order valence-electron chi connectivity index (χ1n) is 6.55. The first kappa shape index (κ1) is 17.1. The molecule has 0 bridgehead atoms. The van der Waals surface area contributed by atoms with E-state index in [9.17, 15) is 13.2 Å². The number of aliphatic carboxylic acids is 1. The van der Waals surface area contributed by atoms with E-state index < -0.39 is 21.9 Å². The molecule has 7 heteroatoms. The van der Waals surface area contributed by atoms with Crippen molar-refractivity contribution < 1.29 is 18.3 Å². The van der Waals surface area contributed by atoms with Crippen LogP contribution in [0.2, 0.25) is 0 Å². The smallest absolute Gasteiger partial charge is 0.307 e. The molecule has 1 aromatic carbocycles. The van der Waals surface area contributed by atoms with Crippen molar-refractivity contribution in [2.24, 2.45) is 5.92 Å². The summed E-state index contributed by atoms with van der Waals surface area (Å²) in [6, 6.07) is 6.25. The van der Waals surface area contributed by atoms with Gasteiger partial charge in [0, 0.05) is 6.54 Å². The number of aryl methyl sites for hydroxylation is 1. The number of nitrogens with zero attached hydrogens (tertiary/aromatic N) is 1. The maximum Gasteiger partial charge on any atom is 0.307 e. The zero-order valence-electron chi connectivity index (χ0n) is 12.0. The van der Waals surface area contributed by atoms with Crippen molar-refractivity contribution in [2.75, 3.05) is 6.54 Å². The fourth-order valence-electron chi connectivity index (χ4n) is 1.91. The quantitative estimate of drug-likeness (QED) is 0.796. The maximum absolute atomic E-state index is 12.2. The molecule has 21 heavy (non-hydrogen) atoms. The molecule has 1 unspecified atom stereocenters. The Kier molecular flexibility index (Phi) is 5.88. The average Bonchev–Trinajstić information content (AvgIpc) is 2.43. The summed E-state index contributed by atoms with van der Waals surface area (Å²) in [6.45, 7) is 3.29. The van der Waals surface area contributed by atoms with Crippen molar-refractivity contribution in [3.05, 3.63) is 29.3 Å². The van der Waals surface area contributed by atoms with E-state index in [2.05, 4.69) is 4.72 Å². The van der Waals surface area contributed by atoms with E-state index in [0.29, 0.717) is 18.4 Å². The van der Waals surface area contributed by atoms with E-state index in [0.717, 1.165) is 0 Å². The van der Waals surface area contributed by atoms with E-state index in [1.54, 1.807) is 13.0 Å². The fraction of sp³-hybridized carbons (Fsp3) is 0.429. The van der Waals surface area contributed by atoms with Crippen molar-refractivity contribution in [3.63, 3.8) is 0 Å². The Morgan fingerprint density at radius 2 is 2.14 bits per heavy atom. The standard InChI is InChI=1S/C14H18N2O4S/c1-3-4-12(14(17)18)9-16-21(19,20)13-7-11(8-15)6-5-10(13)2/h5-7,12,16H,3-4,9H2,1-2H3,(H,17,18). The van der Waals surface area contributed by atoms with Gasteiger partial charge >= 0.3 is 5.97 Å². The second-order valence-corrected chi connectivity index (χ2v) is 6.50. The molecule has 0 aliphatic carbocycles. The monoisotopic (exact) mass is 310 g/mol. The first-order valence-corrected chi connectivity index (χ1v) is 8.03. The Bertz CT molecular complexity index is 662. The largest absolute Gasteiger partial charge is 0.481 e. The minimum atomic E-state index is -3.83. The Morgan fingerprint density at radius 1 is 1.48 bits per heavy atom. The van der Waals surface area contributed by atoms with Gasteiger partial charge < -0.3 is 5.11 Å². The predicted octanol–water partition coefficient (Wildman–Crippen LogP) is 1.65. The zero-order chi connectivity index (χ0) is 16.0. The lowest BCUT2D eigenvalue weighted by Crippen LogP contribution is -2.33. The van der Waals surface area contributed by atoms with Crippen molar-refractivity contribution in [3.8, 4) is 6.07 Å². The molecular formula is C14H18N2O4S. The number of hydrogen-bond acceptors (Lipinski definition) is 4. The molecule has 0 spiro atoms. The third-order valence-electron chi connectivity index (χ3n) is 3.11. The van der Waals surface area contributed by atoms with Crippen LogP contribution < -0.4 is 4.72 Å². The molecule has 114 valence electrons. The number of hydrogen-bond donors (Lipinski definition) is 2. The van der Waals surface area contributed by atoms with Crippen LogP contribution in [0, 0.1) is 24.2 Å². The molecule has 0 amide bonds. The molecular weight excluding hydrogens is 292 g/mol. The fourth-order valence-corrected chi connectivity index (χ4v) is 3.26. The number of nitrogens with one attached hydrogen (secondary N) is 1. The summed E-state index contributed by atoms with van der Waals surface area (Å²) in [5, 5.41) is 17.9. The molecule has 1 atom stereocenters. The van der Waals surface area contributed by atoms with Crippen molar-refractivity contribution in [2.45, 2.75) is 31.6 Å². The lowest BCUT2D eigenvalue weighted by molar-refractivity contribution is -0.141. The molecule has 0 aliphatic heterocycles. The molecule has 0 aliphatic rings. The molecule has 0 radical (unpaired) electrons. The summed E-state index contributed by atoms with van der Waals surface area (Å²) in [4.78, 5) is 11.0. The maximum atomic E-state index is 12.2. The highest BCUT2D eigenvalue weighted by Crippen LogP contribution is 2.17. The van der Waals surface area contributed by atoms with Crippen LogP contribution in [0.25, 0.3) is 0 Å².